The number of hydrogen-bond acceptors (Lipinski definition) is 6. The van der Waals surface area contributed by atoms with E-state index in [1.165, 1.54) is 17.8 Å². The molecule has 1 aliphatic heterocycles. The molecule has 1 heterocycles. The molecule has 8 heteroatoms. The lowest BCUT2D eigenvalue weighted by molar-refractivity contribution is -0.0149. The summed E-state index contributed by atoms with van der Waals surface area (Å²) in [4.78, 5) is 25.7. The fraction of sp³-hybridized carbons (Fsp3) is 0.0667. The highest BCUT2D eigenvalue weighted by Crippen LogP contribution is 2.36. The van der Waals surface area contributed by atoms with Gasteiger partial charge in [0.1, 0.15) is 0 Å². The van der Waals surface area contributed by atoms with Crippen molar-refractivity contribution in [2.45, 2.75) is 4.90 Å². The molecule has 0 N–H and O–H groups in total. The molecule has 2 amide bonds. The Hall–Kier alpha value is -2.16. The van der Waals surface area contributed by atoms with E-state index < -0.39 is 21.9 Å². The number of nitrogens with zero attached hydrogens (tertiary/aromatic N) is 1. The van der Waals surface area contributed by atoms with Gasteiger partial charge in [-0.25, -0.2) is 0 Å². The lowest BCUT2D eigenvalue weighted by atomic mass is 9.95. The van der Waals surface area contributed by atoms with Gasteiger partial charge in [-0.1, -0.05) is 30.5 Å². The first-order valence-electron chi connectivity index (χ1n) is 6.45. The van der Waals surface area contributed by atoms with Crippen LogP contribution in [0.15, 0.2) is 47.2 Å². The van der Waals surface area contributed by atoms with Gasteiger partial charge < -0.3 is 0 Å². The Bertz CT molecular complexity index is 943. The van der Waals surface area contributed by atoms with E-state index >= 15 is 0 Å². The summed E-state index contributed by atoms with van der Waals surface area (Å²) in [6, 6.07) is 8.26. The number of hydrogen-bond donors (Lipinski definition) is 0. The molecule has 1 aliphatic rings. The number of carbonyl (C=O) groups excluding carboxylic acids is 2. The van der Waals surface area contributed by atoms with Gasteiger partial charge in [0.2, 0.25) is 0 Å². The minimum atomic E-state index is -4.01. The maximum atomic E-state index is 12.4. The SMILES string of the molecule is C=CSc1ccc2c3c(cccc13)C(=O)N(OS(C)(=O)=O)C2=O. The lowest BCUT2D eigenvalue weighted by Gasteiger charge is -2.25. The topological polar surface area (TPSA) is 80.8 Å². The fourth-order valence-corrected chi connectivity index (χ4v) is 3.47. The van der Waals surface area contributed by atoms with Gasteiger partial charge in [-0.2, -0.15) is 8.42 Å². The van der Waals surface area contributed by atoms with Crippen molar-refractivity contribution >= 4 is 44.5 Å². The van der Waals surface area contributed by atoms with Crippen molar-refractivity contribution < 1.29 is 22.3 Å². The molecular formula is C15H11NO5S2. The largest absolute Gasteiger partial charge is 0.286 e. The van der Waals surface area contributed by atoms with Gasteiger partial charge in [-0.15, -0.1) is 9.35 Å². The second-order valence-electron chi connectivity index (χ2n) is 4.81. The van der Waals surface area contributed by atoms with E-state index in [0.717, 1.165) is 16.5 Å². The maximum Gasteiger partial charge on any atom is 0.286 e. The standard InChI is InChI=1S/C15H11NO5S2/c1-3-22-12-8-7-11-13-9(12)5-4-6-10(13)14(17)16(15(11)18)21-23(2,19)20/h3-8H,1H2,2H3. The van der Waals surface area contributed by atoms with E-state index in [1.54, 1.807) is 29.7 Å². The molecule has 3 rings (SSSR count). The van der Waals surface area contributed by atoms with Crippen LogP contribution in [-0.2, 0) is 14.4 Å². The summed E-state index contributed by atoms with van der Waals surface area (Å²) >= 11 is 1.37. The van der Waals surface area contributed by atoms with E-state index in [0.29, 0.717) is 5.39 Å². The molecule has 0 bridgehead atoms. The van der Waals surface area contributed by atoms with Gasteiger partial charge in [0, 0.05) is 10.3 Å². The highest BCUT2D eigenvalue weighted by atomic mass is 32.2. The highest BCUT2D eigenvalue weighted by molar-refractivity contribution is 8.02. The maximum absolute atomic E-state index is 12.4. The molecule has 0 saturated heterocycles. The molecule has 0 aromatic heterocycles. The van der Waals surface area contributed by atoms with Crippen molar-refractivity contribution in [2.24, 2.45) is 0 Å². The number of rotatable bonds is 4. The second-order valence-corrected chi connectivity index (χ2v) is 7.37. The van der Waals surface area contributed by atoms with Gasteiger partial charge >= 0.3 is 0 Å². The highest BCUT2D eigenvalue weighted by Gasteiger charge is 2.36. The minimum Gasteiger partial charge on any atom is -0.266 e. The molecule has 0 spiro atoms. The van der Waals surface area contributed by atoms with E-state index in [9.17, 15) is 18.0 Å². The van der Waals surface area contributed by atoms with Crippen LogP contribution in [0.3, 0.4) is 0 Å². The van der Waals surface area contributed by atoms with E-state index in [1.807, 2.05) is 0 Å². The van der Waals surface area contributed by atoms with E-state index in [-0.39, 0.29) is 16.2 Å². The molecule has 0 saturated carbocycles. The molecule has 0 atom stereocenters. The molecule has 0 radical (unpaired) electrons. The zero-order valence-corrected chi connectivity index (χ0v) is 13.6. The number of amides is 2. The van der Waals surface area contributed by atoms with Crippen LogP contribution in [0.4, 0.5) is 0 Å². The molecule has 2 aromatic carbocycles. The first kappa shape index (κ1) is 15.7. The fourth-order valence-electron chi connectivity index (χ4n) is 2.44. The van der Waals surface area contributed by atoms with Crippen LogP contribution < -0.4 is 0 Å². The second kappa shape index (κ2) is 5.48. The average molecular weight is 349 g/mol. The zero-order valence-electron chi connectivity index (χ0n) is 12.0. The predicted octanol–water partition coefficient (Wildman–Crippen LogP) is 2.56. The van der Waals surface area contributed by atoms with Crippen molar-refractivity contribution in [2.75, 3.05) is 6.26 Å². The van der Waals surface area contributed by atoms with Crippen LogP contribution in [0.2, 0.25) is 0 Å². The van der Waals surface area contributed by atoms with Crippen molar-refractivity contribution in [3.8, 4) is 0 Å². The summed E-state index contributed by atoms with van der Waals surface area (Å²) in [6.45, 7) is 3.66. The predicted molar refractivity (Wildman–Crippen MR) is 86.4 cm³/mol. The Labute approximate surface area is 136 Å². The van der Waals surface area contributed by atoms with Crippen molar-refractivity contribution in [1.29, 1.82) is 0 Å². The molecule has 118 valence electrons. The Balaban J connectivity index is 2.26. The van der Waals surface area contributed by atoms with Gasteiger partial charge in [-0.3, -0.25) is 9.59 Å². The number of hydroxylamine groups is 2. The zero-order chi connectivity index (χ0) is 16.8. The molecule has 23 heavy (non-hydrogen) atoms. The van der Waals surface area contributed by atoms with Gasteiger partial charge in [0.05, 0.1) is 17.4 Å². The normalized spacial score (nSPS) is 14.4. The molecule has 6 nitrogen and oxygen atoms in total. The average Bonchev–Trinajstić information content (AvgIpc) is 2.49. The van der Waals surface area contributed by atoms with Crippen LogP contribution >= 0.6 is 11.8 Å². The van der Waals surface area contributed by atoms with Crippen molar-refractivity contribution in [3.05, 3.63) is 53.4 Å². The van der Waals surface area contributed by atoms with Gasteiger partial charge in [0.25, 0.3) is 21.9 Å². The Kier molecular flexibility index (Phi) is 3.75. The van der Waals surface area contributed by atoms with Crippen molar-refractivity contribution in [1.82, 2.24) is 5.06 Å². The van der Waals surface area contributed by atoms with Crippen LogP contribution in [0.5, 0.6) is 0 Å². The smallest absolute Gasteiger partial charge is 0.266 e. The minimum absolute atomic E-state index is 0.215. The first-order chi connectivity index (χ1) is 10.8. The number of thioether (sulfide) groups is 1. The number of imide groups is 1. The third kappa shape index (κ3) is 2.65. The third-order valence-corrected chi connectivity index (χ3v) is 4.45. The van der Waals surface area contributed by atoms with Gasteiger partial charge in [0.15, 0.2) is 0 Å². The summed E-state index contributed by atoms with van der Waals surface area (Å²) in [5, 5.41) is 3.15. The van der Waals surface area contributed by atoms with Crippen LogP contribution in [-0.4, -0.2) is 31.6 Å². The lowest BCUT2D eigenvalue weighted by Crippen LogP contribution is -2.41. The number of benzene rings is 2. The Morgan fingerprint density at radius 1 is 1.13 bits per heavy atom. The molecule has 0 fully saturated rings. The van der Waals surface area contributed by atoms with E-state index in [4.69, 9.17) is 0 Å². The van der Waals surface area contributed by atoms with Crippen molar-refractivity contribution in [3.63, 3.8) is 0 Å². The molecular weight excluding hydrogens is 338 g/mol. The Morgan fingerprint density at radius 2 is 1.78 bits per heavy atom. The number of carbonyl (C=O) groups is 2. The summed E-state index contributed by atoms with van der Waals surface area (Å²) in [6.07, 6.45) is 0.771. The van der Waals surface area contributed by atoms with E-state index in [2.05, 4.69) is 10.9 Å². The monoisotopic (exact) mass is 349 g/mol. The van der Waals surface area contributed by atoms with Crippen LogP contribution in [0.25, 0.3) is 10.8 Å². The summed E-state index contributed by atoms with van der Waals surface area (Å²) < 4.78 is 27.2. The van der Waals surface area contributed by atoms with Crippen LogP contribution in [0, 0.1) is 0 Å². The molecule has 0 unspecified atom stereocenters. The molecule has 0 aliphatic carbocycles. The summed E-state index contributed by atoms with van der Waals surface area (Å²) in [5.74, 6) is -1.61. The quantitative estimate of drug-likeness (QED) is 0.623. The van der Waals surface area contributed by atoms with Crippen LogP contribution in [0.1, 0.15) is 20.7 Å². The van der Waals surface area contributed by atoms with Gasteiger partial charge in [-0.05, 0) is 29.0 Å². The molecule has 2 aromatic rings. The third-order valence-electron chi connectivity index (χ3n) is 3.25. The first-order valence-corrected chi connectivity index (χ1v) is 9.15. The summed E-state index contributed by atoms with van der Waals surface area (Å²) in [7, 11) is -4.01. The summed E-state index contributed by atoms with van der Waals surface area (Å²) in [5.41, 5.74) is 0.430. The Morgan fingerprint density at radius 3 is 2.39 bits per heavy atom.